The molecule has 0 amide bonds. The quantitative estimate of drug-likeness (QED) is 0.772. The van der Waals surface area contributed by atoms with Crippen molar-refractivity contribution in [3.05, 3.63) is 42.5 Å². The second-order valence-electron chi connectivity index (χ2n) is 3.67. The van der Waals surface area contributed by atoms with Gasteiger partial charge in [-0.2, -0.15) is 5.10 Å². The lowest BCUT2D eigenvalue weighted by Gasteiger charge is -1.97. The molecule has 0 aliphatic carbocycles. The Labute approximate surface area is 97.1 Å². The summed E-state index contributed by atoms with van der Waals surface area (Å²) in [6.45, 7) is 6.37. The molecule has 0 aliphatic rings. The molecule has 0 aliphatic heterocycles. The molecule has 86 valence electrons. The molecule has 3 nitrogen and oxygen atoms in total. The number of nitrogens with zero attached hydrogens (tertiary/aromatic N) is 3. The Morgan fingerprint density at radius 2 is 1.94 bits per heavy atom. The molecule has 3 heteroatoms. The summed E-state index contributed by atoms with van der Waals surface area (Å²) in [5, 5.41) is 4.16. The van der Waals surface area contributed by atoms with Crippen LogP contribution in [0.2, 0.25) is 0 Å². The van der Waals surface area contributed by atoms with Gasteiger partial charge in [-0.15, -0.1) is 0 Å². The van der Waals surface area contributed by atoms with E-state index in [1.54, 1.807) is 12.4 Å². The third-order valence-electron chi connectivity index (χ3n) is 2.12. The van der Waals surface area contributed by atoms with Gasteiger partial charge in [-0.3, -0.25) is 4.98 Å². The van der Waals surface area contributed by atoms with Gasteiger partial charge in [0.05, 0.1) is 18.1 Å². The van der Waals surface area contributed by atoms with Crippen LogP contribution >= 0.6 is 0 Å². The standard InChI is InChI=1S/C9H9N3.C4H10/c1-8-5-11-12(7-8)9-3-2-4-10-6-9;1-3-4-2/h2-7H,1H3;3-4H2,1-2H3. The van der Waals surface area contributed by atoms with Crippen LogP contribution in [0.5, 0.6) is 0 Å². The zero-order valence-electron chi connectivity index (χ0n) is 10.2. The number of hydrogen-bond acceptors (Lipinski definition) is 2. The topological polar surface area (TPSA) is 30.7 Å². The minimum atomic E-state index is 0.991. The van der Waals surface area contributed by atoms with Crippen LogP contribution in [0.1, 0.15) is 32.3 Å². The van der Waals surface area contributed by atoms with E-state index in [4.69, 9.17) is 0 Å². The second-order valence-corrected chi connectivity index (χ2v) is 3.67. The maximum atomic E-state index is 4.16. The number of hydrogen-bond donors (Lipinski definition) is 0. The number of unbranched alkanes of at least 4 members (excludes halogenated alkanes) is 1. The predicted octanol–water partition coefficient (Wildman–Crippen LogP) is 3.38. The summed E-state index contributed by atoms with van der Waals surface area (Å²) in [5.74, 6) is 0. The van der Waals surface area contributed by atoms with Crippen molar-refractivity contribution in [1.82, 2.24) is 14.8 Å². The van der Waals surface area contributed by atoms with Crippen LogP contribution in [0.4, 0.5) is 0 Å². The van der Waals surface area contributed by atoms with E-state index in [2.05, 4.69) is 23.9 Å². The van der Waals surface area contributed by atoms with Crippen LogP contribution in [0, 0.1) is 6.92 Å². The highest BCUT2D eigenvalue weighted by Gasteiger charge is 1.95. The van der Waals surface area contributed by atoms with Gasteiger partial charge in [0.1, 0.15) is 0 Å². The lowest BCUT2D eigenvalue weighted by Crippen LogP contribution is -1.93. The number of pyridine rings is 1. The Balaban J connectivity index is 0.000000280. The zero-order valence-corrected chi connectivity index (χ0v) is 10.2. The average molecular weight is 217 g/mol. The molecule has 2 heterocycles. The lowest BCUT2D eigenvalue weighted by molar-refractivity contribution is 0.873. The van der Waals surface area contributed by atoms with Crippen molar-refractivity contribution >= 4 is 0 Å². The molecule has 0 fully saturated rings. The first-order valence-electron chi connectivity index (χ1n) is 5.69. The van der Waals surface area contributed by atoms with Gasteiger partial charge < -0.3 is 0 Å². The predicted molar refractivity (Wildman–Crippen MR) is 66.7 cm³/mol. The third-order valence-corrected chi connectivity index (χ3v) is 2.12. The van der Waals surface area contributed by atoms with Crippen molar-refractivity contribution < 1.29 is 0 Å². The number of aromatic nitrogens is 3. The van der Waals surface area contributed by atoms with E-state index < -0.39 is 0 Å². The SMILES string of the molecule is CCCC.Cc1cnn(-c2cccnc2)c1. The molecule has 2 aromatic heterocycles. The van der Waals surface area contributed by atoms with Crippen molar-refractivity contribution in [3.8, 4) is 5.69 Å². The van der Waals surface area contributed by atoms with Crippen LogP contribution in [0.15, 0.2) is 36.9 Å². The molecule has 0 atom stereocenters. The van der Waals surface area contributed by atoms with E-state index in [9.17, 15) is 0 Å². The van der Waals surface area contributed by atoms with E-state index in [1.165, 1.54) is 12.8 Å². The average Bonchev–Trinajstić information content (AvgIpc) is 2.77. The Morgan fingerprint density at radius 3 is 2.38 bits per heavy atom. The number of rotatable bonds is 2. The summed E-state index contributed by atoms with van der Waals surface area (Å²) < 4.78 is 1.81. The minimum Gasteiger partial charge on any atom is -0.262 e. The van der Waals surface area contributed by atoms with Gasteiger partial charge in [0, 0.05) is 12.4 Å². The molecule has 0 unspecified atom stereocenters. The maximum absolute atomic E-state index is 4.16. The van der Waals surface area contributed by atoms with Crippen molar-refractivity contribution in [2.45, 2.75) is 33.6 Å². The number of aryl methyl sites for hydroxylation is 1. The first-order valence-corrected chi connectivity index (χ1v) is 5.69. The van der Waals surface area contributed by atoms with Crippen molar-refractivity contribution in [1.29, 1.82) is 0 Å². The van der Waals surface area contributed by atoms with Gasteiger partial charge in [0.2, 0.25) is 0 Å². The zero-order chi connectivity index (χ0) is 11.8. The van der Waals surface area contributed by atoms with E-state index in [-0.39, 0.29) is 0 Å². The summed E-state index contributed by atoms with van der Waals surface area (Å²) in [6.07, 6.45) is 9.97. The fraction of sp³-hybridized carbons (Fsp3) is 0.385. The van der Waals surface area contributed by atoms with Crippen molar-refractivity contribution in [2.24, 2.45) is 0 Å². The summed E-state index contributed by atoms with van der Waals surface area (Å²) >= 11 is 0. The Morgan fingerprint density at radius 1 is 1.19 bits per heavy atom. The molecule has 0 bridgehead atoms. The van der Waals surface area contributed by atoms with Crippen LogP contribution in [0.25, 0.3) is 5.69 Å². The lowest BCUT2D eigenvalue weighted by atomic mass is 10.4. The fourth-order valence-electron chi connectivity index (χ4n) is 1.04. The Bertz CT molecular complexity index is 391. The van der Waals surface area contributed by atoms with Crippen LogP contribution in [0.3, 0.4) is 0 Å². The highest BCUT2D eigenvalue weighted by molar-refractivity contribution is 5.26. The third kappa shape index (κ3) is 3.85. The molecule has 2 rings (SSSR count). The summed E-state index contributed by atoms with van der Waals surface area (Å²) in [7, 11) is 0. The van der Waals surface area contributed by atoms with Gasteiger partial charge in [0.15, 0.2) is 0 Å². The molecule has 16 heavy (non-hydrogen) atoms. The van der Waals surface area contributed by atoms with E-state index in [0.29, 0.717) is 0 Å². The molecular weight excluding hydrogens is 198 g/mol. The molecule has 0 N–H and O–H groups in total. The second kappa shape index (κ2) is 6.77. The van der Waals surface area contributed by atoms with Crippen LogP contribution in [-0.2, 0) is 0 Å². The molecule has 0 saturated heterocycles. The maximum Gasteiger partial charge on any atom is 0.0828 e. The van der Waals surface area contributed by atoms with Gasteiger partial charge in [0.25, 0.3) is 0 Å². The largest absolute Gasteiger partial charge is 0.262 e. The molecule has 0 saturated carbocycles. The molecule has 0 spiro atoms. The first kappa shape index (κ1) is 12.4. The van der Waals surface area contributed by atoms with Gasteiger partial charge in [-0.25, -0.2) is 4.68 Å². The monoisotopic (exact) mass is 217 g/mol. The van der Waals surface area contributed by atoms with Gasteiger partial charge >= 0.3 is 0 Å². The van der Waals surface area contributed by atoms with Gasteiger partial charge in [-0.1, -0.05) is 26.7 Å². The molecule has 0 radical (unpaired) electrons. The van der Waals surface area contributed by atoms with Crippen LogP contribution in [-0.4, -0.2) is 14.8 Å². The summed E-state index contributed by atoms with van der Waals surface area (Å²) in [4.78, 5) is 4.01. The van der Waals surface area contributed by atoms with Gasteiger partial charge in [-0.05, 0) is 24.6 Å². The molecular formula is C13H19N3. The smallest absolute Gasteiger partial charge is 0.0828 e. The highest BCUT2D eigenvalue weighted by Crippen LogP contribution is 2.04. The molecule has 2 aromatic rings. The Kier molecular flexibility index (Phi) is 5.26. The first-order chi connectivity index (χ1) is 7.77. The normalized spacial score (nSPS) is 9.44. The van der Waals surface area contributed by atoms with E-state index in [0.717, 1.165) is 11.3 Å². The van der Waals surface area contributed by atoms with E-state index in [1.807, 2.05) is 36.1 Å². The fourth-order valence-corrected chi connectivity index (χ4v) is 1.04. The Hall–Kier alpha value is -1.64. The minimum absolute atomic E-state index is 0.991. The molecule has 0 aromatic carbocycles. The highest BCUT2D eigenvalue weighted by atomic mass is 15.3. The van der Waals surface area contributed by atoms with Crippen LogP contribution < -0.4 is 0 Å². The van der Waals surface area contributed by atoms with Crippen molar-refractivity contribution in [2.75, 3.05) is 0 Å². The summed E-state index contributed by atoms with van der Waals surface area (Å²) in [5.41, 5.74) is 2.14. The van der Waals surface area contributed by atoms with Crippen molar-refractivity contribution in [3.63, 3.8) is 0 Å². The van der Waals surface area contributed by atoms with E-state index >= 15 is 0 Å². The summed E-state index contributed by atoms with van der Waals surface area (Å²) in [6, 6.07) is 3.87.